The molecule has 0 aliphatic heterocycles. The van der Waals surface area contributed by atoms with Gasteiger partial charge in [0.25, 0.3) is 5.91 Å². The lowest BCUT2D eigenvalue weighted by Gasteiger charge is -2.13. The van der Waals surface area contributed by atoms with E-state index >= 15 is 0 Å². The van der Waals surface area contributed by atoms with Gasteiger partial charge in [0.15, 0.2) is 11.6 Å². The highest BCUT2D eigenvalue weighted by Gasteiger charge is 2.19. The van der Waals surface area contributed by atoms with E-state index in [1.54, 1.807) is 24.3 Å². The Morgan fingerprint density at radius 2 is 1.84 bits per heavy atom. The Labute approximate surface area is 177 Å². The van der Waals surface area contributed by atoms with Crippen molar-refractivity contribution in [2.75, 3.05) is 25.0 Å². The molecule has 0 spiro atoms. The molecule has 0 unspecified atom stereocenters. The SMILES string of the molecule is N#Cc1ccc(NCCN=C(CNC=O)C(C(N)=O)=C(N)c2ccc(F)c(F)c2)cc1. The number of carbonyl (C=O) groups excluding carboxylic acids is 2. The number of nitrogens with two attached hydrogens (primary N) is 2. The van der Waals surface area contributed by atoms with Crippen molar-refractivity contribution in [3.8, 4) is 6.07 Å². The van der Waals surface area contributed by atoms with Gasteiger partial charge < -0.3 is 22.1 Å². The monoisotopic (exact) mass is 426 g/mol. The molecule has 0 atom stereocenters. The van der Waals surface area contributed by atoms with E-state index in [2.05, 4.69) is 15.6 Å². The second kappa shape index (κ2) is 11.1. The number of hydrogen-bond donors (Lipinski definition) is 4. The number of nitrogens with one attached hydrogen (secondary N) is 2. The predicted octanol–water partition coefficient (Wildman–Crippen LogP) is 1.29. The molecule has 0 bridgehead atoms. The quantitative estimate of drug-likeness (QED) is 0.196. The van der Waals surface area contributed by atoms with Gasteiger partial charge in [-0.25, -0.2) is 8.78 Å². The molecule has 2 aromatic rings. The standard InChI is InChI=1S/C21H20F2N6O2/c22-16-6-3-14(9-17(16)23)20(25)19(21(26)31)18(11-27-12-30)29-8-7-28-15-4-1-13(10-24)2-5-15/h1-6,9,12,28H,7-8,11,25H2,(H2,26,31)(H,27,30). The third kappa shape index (κ3) is 6.37. The van der Waals surface area contributed by atoms with Gasteiger partial charge in [0, 0.05) is 17.8 Å². The fourth-order valence-corrected chi connectivity index (χ4v) is 2.65. The van der Waals surface area contributed by atoms with E-state index in [-0.39, 0.29) is 35.6 Å². The molecule has 2 rings (SSSR count). The Hall–Kier alpha value is -4.26. The molecule has 0 fully saturated rings. The Balaban J connectivity index is 2.26. The molecule has 0 radical (unpaired) electrons. The highest BCUT2D eigenvalue weighted by atomic mass is 19.2. The third-order valence-electron chi connectivity index (χ3n) is 4.15. The van der Waals surface area contributed by atoms with E-state index in [9.17, 15) is 18.4 Å². The summed E-state index contributed by atoms with van der Waals surface area (Å²) in [6, 6.07) is 11.7. The number of rotatable bonds is 10. The number of anilines is 1. The minimum atomic E-state index is -1.14. The van der Waals surface area contributed by atoms with E-state index in [1.807, 2.05) is 6.07 Å². The Bertz CT molecular complexity index is 1060. The molecule has 31 heavy (non-hydrogen) atoms. The van der Waals surface area contributed by atoms with E-state index in [0.29, 0.717) is 18.5 Å². The zero-order chi connectivity index (χ0) is 22.8. The molecule has 0 heterocycles. The van der Waals surface area contributed by atoms with Crippen molar-refractivity contribution in [2.24, 2.45) is 16.5 Å². The number of primary amides is 1. The van der Waals surface area contributed by atoms with Gasteiger partial charge in [0.1, 0.15) is 0 Å². The van der Waals surface area contributed by atoms with Crippen LogP contribution in [0, 0.1) is 23.0 Å². The van der Waals surface area contributed by atoms with Crippen LogP contribution in [0.2, 0.25) is 0 Å². The Morgan fingerprint density at radius 1 is 1.13 bits per heavy atom. The van der Waals surface area contributed by atoms with Gasteiger partial charge in [-0.15, -0.1) is 0 Å². The van der Waals surface area contributed by atoms with Crippen LogP contribution >= 0.6 is 0 Å². The van der Waals surface area contributed by atoms with Gasteiger partial charge in [-0.3, -0.25) is 14.6 Å². The normalized spacial score (nSPS) is 11.8. The first-order valence-electron chi connectivity index (χ1n) is 9.07. The summed E-state index contributed by atoms with van der Waals surface area (Å²) in [6.45, 7) is 0.383. The molecular weight excluding hydrogens is 406 g/mol. The molecular formula is C21H20F2N6O2. The zero-order valence-corrected chi connectivity index (χ0v) is 16.4. The molecule has 2 amide bonds. The van der Waals surface area contributed by atoms with Crippen LogP contribution in [-0.2, 0) is 9.59 Å². The zero-order valence-electron chi connectivity index (χ0n) is 16.4. The summed E-state index contributed by atoms with van der Waals surface area (Å²) in [5.41, 5.74) is 12.5. The van der Waals surface area contributed by atoms with Gasteiger partial charge in [0.2, 0.25) is 6.41 Å². The lowest BCUT2D eigenvalue weighted by Crippen LogP contribution is -2.32. The van der Waals surface area contributed by atoms with Crippen molar-refractivity contribution in [3.63, 3.8) is 0 Å². The van der Waals surface area contributed by atoms with Crippen molar-refractivity contribution in [1.82, 2.24) is 5.32 Å². The van der Waals surface area contributed by atoms with Gasteiger partial charge >= 0.3 is 0 Å². The first-order valence-corrected chi connectivity index (χ1v) is 9.07. The highest BCUT2D eigenvalue weighted by Crippen LogP contribution is 2.18. The summed E-state index contributed by atoms with van der Waals surface area (Å²) >= 11 is 0. The van der Waals surface area contributed by atoms with Crippen LogP contribution in [-0.4, -0.2) is 37.7 Å². The van der Waals surface area contributed by atoms with Gasteiger partial charge in [-0.2, -0.15) is 5.26 Å². The van der Waals surface area contributed by atoms with Crippen molar-refractivity contribution < 1.29 is 18.4 Å². The van der Waals surface area contributed by atoms with Gasteiger partial charge in [0.05, 0.1) is 41.7 Å². The number of benzene rings is 2. The fraction of sp³-hybridized carbons (Fsp3) is 0.143. The Morgan fingerprint density at radius 3 is 2.42 bits per heavy atom. The van der Waals surface area contributed by atoms with E-state index < -0.39 is 17.5 Å². The molecule has 2 aromatic carbocycles. The van der Waals surface area contributed by atoms with E-state index in [4.69, 9.17) is 16.7 Å². The second-order valence-corrected chi connectivity index (χ2v) is 6.22. The van der Waals surface area contributed by atoms with E-state index in [1.165, 1.54) is 6.07 Å². The number of carbonyl (C=O) groups is 2. The molecule has 0 aromatic heterocycles. The molecule has 8 nitrogen and oxygen atoms in total. The summed E-state index contributed by atoms with van der Waals surface area (Å²) in [4.78, 5) is 27.1. The predicted molar refractivity (Wildman–Crippen MR) is 113 cm³/mol. The number of aliphatic imine (C=N–C) groups is 1. The van der Waals surface area contributed by atoms with Crippen LogP contribution in [0.4, 0.5) is 14.5 Å². The van der Waals surface area contributed by atoms with Crippen LogP contribution < -0.4 is 22.1 Å². The van der Waals surface area contributed by atoms with Crippen LogP contribution in [0.3, 0.4) is 0 Å². The smallest absolute Gasteiger partial charge is 0.252 e. The molecule has 6 N–H and O–H groups in total. The Kier molecular flexibility index (Phi) is 8.22. The topological polar surface area (TPSA) is 146 Å². The van der Waals surface area contributed by atoms with E-state index in [0.717, 1.165) is 17.8 Å². The number of amides is 2. The fourth-order valence-electron chi connectivity index (χ4n) is 2.65. The van der Waals surface area contributed by atoms with Crippen molar-refractivity contribution in [1.29, 1.82) is 5.26 Å². The lowest BCUT2D eigenvalue weighted by molar-refractivity contribution is -0.114. The first-order chi connectivity index (χ1) is 14.9. The number of halogens is 2. The lowest BCUT2D eigenvalue weighted by atomic mass is 10.0. The third-order valence-corrected chi connectivity index (χ3v) is 4.15. The summed E-state index contributed by atoms with van der Waals surface area (Å²) in [6.07, 6.45) is 0.414. The average molecular weight is 426 g/mol. The molecule has 160 valence electrons. The van der Waals surface area contributed by atoms with Crippen molar-refractivity contribution in [3.05, 3.63) is 70.8 Å². The van der Waals surface area contributed by atoms with Crippen LogP contribution in [0.5, 0.6) is 0 Å². The van der Waals surface area contributed by atoms with Gasteiger partial charge in [-0.05, 0) is 42.5 Å². The minimum Gasteiger partial charge on any atom is -0.398 e. The molecule has 0 aliphatic rings. The summed E-state index contributed by atoms with van der Waals surface area (Å²) in [7, 11) is 0. The number of nitrogens with zero attached hydrogens (tertiary/aromatic N) is 2. The maximum Gasteiger partial charge on any atom is 0.252 e. The summed E-state index contributed by atoms with van der Waals surface area (Å²) < 4.78 is 26.8. The van der Waals surface area contributed by atoms with Crippen LogP contribution in [0.25, 0.3) is 5.70 Å². The van der Waals surface area contributed by atoms with Crippen LogP contribution in [0.15, 0.2) is 53.0 Å². The first kappa shape index (κ1) is 23.0. The second-order valence-electron chi connectivity index (χ2n) is 6.22. The molecule has 10 heteroatoms. The summed E-state index contributed by atoms with van der Waals surface area (Å²) in [5, 5.41) is 14.3. The average Bonchev–Trinajstić information content (AvgIpc) is 2.76. The maximum atomic E-state index is 13.6. The molecule has 0 saturated heterocycles. The molecule has 0 saturated carbocycles. The number of hydrogen-bond acceptors (Lipinski definition) is 6. The van der Waals surface area contributed by atoms with Crippen molar-refractivity contribution >= 4 is 29.4 Å². The number of nitriles is 1. The maximum absolute atomic E-state index is 13.6. The summed E-state index contributed by atoms with van der Waals surface area (Å²) in [5.74, 6) is -3.14. The highest BCUT2D eigenvalue weighted by molar-refractivity contribution is 6.26. The minimum absolute atomic E-state index is 0.0437. The van der Waals surface area contributed by atoms with Crippen molar-refractivity contribution in [2.45, 2.75) is 0 Å². The molecule has 0 aliphatic carbocycles. The van der Waals surface area contributed by atoms with Crippen LogP contribution in [0.1, 0.15) is 11.1 Å². The largest absolute Gasteiger partial charge is 0.398 e. The van der Waals surface area contributed by atoms with Gasteiger partial charge in [-0.1, -0.05) is 0 Å².